The van der Waals surface area contributed by atoms with Crippen LogP contribution in [0.4, 0.5) is 10.5 Å². The Labute approximate surface area is 154 Å². The molecule has 1 atom stereocenters. The van der Waals surface area contributed by atoms with Crippen LogP contribution in [-0.2, 0) is 13.0 Å². The molecular formula is C21H25N3O2. The van der Waals surface area contributed by atoms with E-state index in [1.54, 1.807) is 0 Å². The summed E-state index contributed by atoms with van der Waals surface area (Å²) in [6, 6.07) is 15.4. The Morgan fingerprint density at radius 3 is 2.62 bits per heavy atom. The molecule has 2 N–H and O–H groups in total. The van der Waals surface area contributed by atoms with Crippen LogP contribution in [-0.4, -0.2) is 24.5 Å². The SMILES string of the molecule is CCCNC(=O)NCc1ccc2c(c1)N(C(=O)c1ccccc1)C(C)C2. The van der Waals surface area contributed by atoms with Crippen molar-refractivity contribution in [3.8, 4) is 0 Å². The molecule has 0 radical (unpaired) electrons. The van der Waals surface area contributed by atoms with Gasteiger partial charge >= 0.3 is 6.03 Å². The van der Waals surface area contributed by atoms with Crippen LogP contribution in [0.2, 0.25) is 0 Å². The third kappa shape index (κ3) is 3.87. The van der Waals surface area contributed by atoms with Crippen molar-refractivity contribution in [3.63, 3.8) is 0 Å². The van der Waals surface area contributed by atoms with Crippen molar-refractivity contribution >= 4 is 17.6 Å². The van der Waals surface area contributed by atoms with Gasteiger partial charge in [0.05, 0.1) is 0 Å². The number of urea groups is 1. The van der Waals surface area contributed by atoms with Crippen molar-refractivity contribution in [3.05, 3.63) is 65.2 Å². The summed E-state index contributed by atoms with van der Waals surface area (Å²) in [6.45, 7) is 5.18. The Hall–Kier alpha value is -2.82. The monoisotopic (exact) mass is 351 g/mol. The molecule has 0 saturated carbocycles. The van der Waals surface area contributed by atoms with Crippen molar-refractivity contribution in [2.24, 2.45) is 0 Å². The fourth-order valence-electron chi connectivity index (χ4n) is 3.28. The van der Waals surface area contributed by atoms with Crippen molar-refractivity contribution in [1.29, 1.82) is 0 Å². The smallest absolute Gasteiger partial charge is 0.315 e. The molecule has 0 fully saturated rings. The Bertz CT molecular complexity index is 789. The van der Waals surface area contributed by atoms with E-state index < -0.39 is 0 Å². The maximum absolute atomic E-state index is 13.0. The minimum absolute atomic E-state index is 0.0163. The summed E-state index contributed by atoms with van der Waals surface area (Å²) in [6.07, 6.45) is 1.75. The third-order valence-corrected chi connectivity index (χ3v) is 4.59. The molecule has 3 rings (SSSR count). The summed E-state index contributed by atoms with van der Waals surface area (Å²) in [5, 5.41) is 5.65. The fourth-order valence-corrected chi connectivity index (χ4v) is 3.28. The molecule has 1 heterocycles. The first-order valence-electron chi connectivity index (χ1n) is 9.12. The molecule has 1 unspecified atom stereocenters. The number of nitrogens with one attached hydrogen (secondary N) is 2. The van der Waals surface area contributed by atoms with E-state index in [2.05, 4.69) is 23.6 Å². The van der Waals surface area contributed by atoms with Gasteiger partial charge in [0.2, 0.25) is 0 Å². The highest BCUT2D eigenvalue weighted by Gasteiger charge is 2.31. The summed E-state index contributed by atoms with van der Waals surface area (Å²) in [7, 11) is 0. The number of fused-ring (bicyclic) bond motifs is 1. The average molecular weight is 351 g/mol. The summed E-state index contributed by atoms with van der Waals surface area (Å²) in [4.78, 5) is 26.6. The summed E-state index contributed by atoms with van der Waals surface area (Å²) in [5.41, 5.74) is 3.78. The van der Waals surface area contributed by atoms with Crippen LogP contribution in [0.25, 0.3) is 0 Å². The molecule has 5 nitrogen and oxygen atoms in total. The number of nitrogens with zero attached hydrogens (tertiary/aromatic N) is 1. The van der Waals surface area contributed by atoms with Gasteiger partial charge in [-0.15, -0.1) is 0 Å². The summed E-state index contributed by atoms with van der Waals surface area (Å²) < 4.78 is 0. The normalized spacial score (nSPS) is 15.5. The second kappa shape index (κ2) is 8.04. The molecule has 2 aromatic rings. The Morgan fingerprint density at radius 2 is 1.88 bits per heavy atom. The minimum Gasteiger partial charge on any atom is -0.338 e. The predicted octanol–water partition coefficient (Wildman–Crippen LogP) is 3.49. The predicted molar refractivity (Wildman–Crippen MR) is 103 cm³/mol. The number of benzene rings is 2. The van der Waals surface area contributed by atoms with Crippen LogP contribution in [0.5, 0.6) is 0 Å². The molecule has 3 amide bonds. The van der Waals surface area contributed by atoms with Gasteiger partial charge in [-0.1, -0.05) is 37.3 Å². The van der Waals surface area contributed by atoms with Gasteiger partial charge in [-0.25, -0.2) is 4.79 Å². The lowest BCUT2D eigenvalue weighted by Gasteiger charge is -2.23. The molecule has 1 aliphatic rings. The Morgan fingerprint density at radius 1 is 1.12 bits per heavy atom. The van der Waals surface area contributed by atoms with Gasteiger partial charge in [-0.05, 0) is 49.1 Å². The molecule has 2 aromatic carbocycles. The Kier molecular flexibility index (Phi) is 5.56. The van der Waals surface area contributed by atoms with Crippen LogP contribution in [0.3, 0.4) is 0 Å². The van der Waals surface area contributed by atoms with Gasteiger partial charge in [-0.3, -0.25) is 4.79 Å². The maximum atomic E-state index is 13.0. The van der Waals surface area contributed by atoms with Gasteiger partial charge in [0.1, 0.15) is 0 Å². The van der Waals surface area contributed by atoms with Crippen molar-refractivity contribution in [2.45, 2.75) is 39.3 Å². The highest BCUT2D eigenvalue weighted by Crippen LogP contribution is 2.34. The number of rotatable bonds is 5. The van der Waals surface area contributed by atoms with E-state index in [9.17, 15) is 9.59 Å². The Balaban J connectivity index is 1.76. The zero-order valence-corrected chi connectivity index (χ0v) is 15.3. The lowest BCUT2D eigenvalue weighted by atomic mass is 10.1. The van der Waals surface area contributed by atoms with Gasteiger partial charge in [0.25, 0.3) is 5.91 Å². The number of hydrogen-bond acceptors (Lipinski definition) is 2. The second-order valence-electron chi connectivity index (χ2n) is 6.67. The summed E-state index contributed by atoms with van der Waals surface area (Å²) in [5.74, 6) is 0.0163. The van der Waals surface area contributed by atoms with Gasteiger partial charge < -0.3 is 15.5 Å². The van der Waals surface area contributed by atoms with E-state index >= 15 is 0 Å². The first-order valence-corrected chi connectivity index (χ1v) is 9.12. The highest BCUT2D eigenvalue weighted by atomic mass is 16.2. The van der Waals surface area contributed by atoms with Crippen LogP contribution in [0.1, 0.15) is 41.8 Å². The average Bonchev–Trinajstić information content (AvgIpc) is 2.99. The molecule has 26 heavy (non-hydrogen) atoms. The fraction of sp³-hybridized carbons (Fsp3) is 0.333. The maximum Gasteiger partial charge on any atom is 0.315 e. The molecule has 0 aliphatic carbocycles. The zero-order chi connectivity index (χ0) is 18.5. The molecule has 5 heteroatoms. The van der Waals surface area contributed by atoms with E-state index in [0.29, 0.717) is 18.7 Å². The molecule has 0 bridgehead atoms. The largest absolute Gasteiger partial charge is 0.338 e. The molecule has 0 saturated heterocycles. The third-order valence-electron chi connectivity index (χ3n) is 4.59. The van der Waals surface area contributed by atoms with Crippen LogP contribution in [0.15, 0.2) is 48.5 Å². The van der Waals surface area contributed by atoms with E-state index in [1.807, 2.05) is 54.3 Å². The zero-order valence-electron chi connectivity index (χ0n) is 15.3. The van der Waals surface area contributed by atoms with E-state index in [4.69, 9.17) is 0 Å². The first-order chi connectivity index (χ1) is 12.6. The van der Waals surface area contributed by atoms with Crippen LogP contribution >= 0.6 is 0 Å². The van der Waals surface area contributed by atoms with E-state index in [-0.39, 0.29) is 18.0 Å². The van der Waals surface area contributed by atoms with E-state index in [0.717, 1.165) is 24.1 Å². The van der Waals surface area contributed by atoms with Crippen molar-refractivity contribution in [1.82, 2.24) is 10.6 Å². The first kappa shape index (κ1) is 18.0. The van der Waals surface area contributed by atoms with Gasteiger partial charge in [-0.2, -0.15) is 0 Å². The van der Waals surface area contributed by atoms with E-state index in [1.165, 1.54) is 5.56 Å². The number of carbonyl (C=O) groups is 2. The van der Waals surface area contributed by atoms with Crippen LogP contribution < -0.4 is 15.5 Å². The second-order valence-corrected chi connectivity index (χ2v) is 6.67. The summed E-state index contributed by atoms with van der Waals surface area (Å²) >= 11 is 0. The van der Waals surface area contributed by atoms with Crippen molar-refractivity contribution < 1.29 is 9.59 Å². The van der Waals surface area contributed by atoms with Crippen LogP contribution in [0, 0.1) is 0 Å². The quantitative estimate of drug-likeness (QED) is 0.866. The lowest BCUT2D eigenvalue weighted by molar-refractivity contribution is 0.0981. The molecule has 0 aromatic heterocycles. The molecular weight excluding hydrogens is 326 g/mol. The highest BCUT2D eigenvalue weighted by molar-refractivity contribution is 6.07. The number of amides is 3. The van der Waals surface area contributed by atoms with Gasteiger partial charge in [0, 0.05) is 30.4 Å². The van der Waals surface area contributed by atoms with Crippen molar-refractivity contribution in [2.75, 3.05) is 11.4 Å². The standard InChI is InChI=1S/C21H25N3O2/c1-3-11-22-21(26)23-14-16-9-10-18-12-15(2)24(19(18)13-16)20(25)17-7-5-4-6-8-17/h4-10,13,15H,3,11-12,14H2,1-2H3,(H2,22,23,26). The van der Waals surface area contributed by atoms with Gasteiger partial charge in [0.15, 0.2) is 0 Å². The lowest BCUT2D eigenvalue weighted by Crippen LogP contribution is -2.36. The number of hydrogen-bond donors (Lipinski definition) is 2. The molecule has 1 aliphatic heterocycles. The molecule has 136 valence electrons. The molecule has 0 spiro atoms. The minimum atomic E-state index is -0.169. The number of carbonyl (C=O) groups excluding carboxylic acids is 2. The topological polar surface area (TPSA) is 61.4 Å². The number of anilines is 1.